The number of likely N-dealkylation sites (tertiary alicyclic amines) is 1. The monoisotopic (exact) mass is 379 g/mol. The number of carbonyl (C=O) groups is 1. The molecule has 6 nitrogen and oxygen atoms in total. The highest BCUT2D eigenvalue weighted by Crippen LogP contribution is 2.21. The van der Waals surface area contributed by atoms with Gasteiger partial charge in [0, 0.05) is 31.6 Å². The van der Waals surface area contributed by atoms with Gasteiger partial charge in [0.05, 0.1) is 4.90 Å². The van der Waals surface area contributed by atoms with Crippen LogP contribution in [0.4, 0.5) is 5.69 Å². The van der Waals surface area contributed by atoms with Crippen molar-refractivity contribution in [1.29, 1.82) is 0 Å². The van der Waals surface area contributed by atoms with Gasteiger partial charge in [-0.25, -0.2) is 0 Å². The molecule has 0 bridgehead atoms. The lowest BCUT2D eigenvalue weighted by Gasteiger charge is -2.15. The molecular weight excluding hydrogens is 350 g/mol. The number of unbranched alkanes of at least 4 members (excludes halogenated alkanes) is 1. The van der Waals surface area contributed by atoms with Crippen LogP contribution in [-0.4, -0.2) is 38.7 Å². The summed E-state index contributed by atoms with van der Waals surface area (Å²) in [6, 6.07) is 6.34. The van der Waals surface area contributed by atoms with Gasteiger partial charge in [-0.3, -0.25) is 4.79 Å². The first-order chi connectivity index (χ1) is 12.4. The van der Waals surface area contributed by atoms with Crippen molar-refractivity contribution in [2.24, 2.45) is 10.3 Å². The molecule has 1 saturated heterocycles. The zero-order chi connectivity index (χ0) is 19.2. The van der Waals surface area contributed by atoms with Crippen molar-refractivity contribution in [2.45, 2.75) is 57.3 Å². The number of hydrogen-bond donors (Lipinski definition) is 1. The van der Waals surface area contributed by atoms with Gasteiger partial charge < -0.3 is 10.2 Å². The van der Waals surface area contributed by atoms with Crippen LogP contribution in [0.3, 0.4) is 0 Å². The van der Waals surface area contributed by atoms with Crippen LogP contribution in [0.25, 0.3) is 0 Å². The molecule has 1 aliphatic heterocycles. The molecule has 1 N–H and O–H groups in total. The molecule has 1 amide bonds. The van der Waals surface area contributed by atoms with Crippen LogP contribution >= 0.6 is 0 Å². The summed E-state index contributed by atoms with van der Waals surface area (Å²) < 4.78 is 29.1. The Morgan fingerprint density at radius 2 is 2.12 bits per heavy atom. The lowest BCUT2D eigenvalue weighted by atomic mass is 9.98. The Bertz CT molecular complexity index is 759. The van der Waals surface area contributed by atoms with E-state index in [0.717, 1.165) is 38.6 Å². The molecule has 1 fully saturated rings. The fraction of sp³-hybridized carbons (Fsp3) is 0.579. The molecule has 1 aromatic rings. The summed E-state index contributed by atoms with van der Waals surface area (Å²) in [5.74, 6) is 0.477. The van der Waals surface area contributed by atoms with Crippen LogP contribution < -0.4 is 5.32 Å². The molecule has 26 heavy (non-hydrogen) atoms. The van der Waals surface area contributed by atoms with Gasteiger partial charge in [0.15, 0.2) is 0 Å². The summed E-state index contributed by atoms with van der Waals surface area (Å²) >= 11 is 0. The lowest BCUT2D eigenvalue weighted by molar-refractivity contribution is -0.120. The smallest absolute Gasteiger partial charge is 0.284 e. The van der Waals surface area contributed by atoms with E-state index in [2.05, 4.69) is 16.6 Å². The largest absolute Gasteiger partial charge is 0.362 e. The van der Waals surface area contributed by atoms with Crippen LogP contribution in [0.1, 0.15) is 52.4 Å². The van der Waals surface area contributed by atoms with E-state index in [1.165, 1.54) is 12.1 Å². The predicted molar refractivity (Wildman–Crippen MR) is 105 cm³/mol. The number of sulfonamides is 1. The van der Waals surface area contributed by atoms with E-state index < -0.39 is 10.0 Å². The van der Waals surface area contributed by atoms with Gasteiger partial charge >= 0.3 is 0 Å². The van der Waals surface area contributed by atoms with Gasteiger partial charge in [-0.2, -0.15) is 8.42 Å². The summed E-state index contributed by atoms with van der Waals surface area (Å²) in [6.45, 7) is 4.91. The van der Waals surface area contributed by atoms with Gasteiger partial charge in [0.1, 0.15) is 5.84 Å². The van der Waals surface area contributed by atoms with E-state index in [9.17, 15) is 13.2 Å². The molecule has 0 radical (unpaired) electrons. The number of nitrogens with one attached hydrogen (secondary N) is 1. The molecule has 0 aromatic heterocycles. The number of amidine groups is 1. The third-order valence-corrected chi connectivity index (χ3v) is 6.03. The molecular formula is C19H29N3O3S. The SMILES string of the molecule is CCCCC(CC)C(=O)Nc1cccc(S(=O)(=O)/N=C2/CCCN2C)c1. The predicted octanol–water partition coefficient (Wildman–Crippen LogP) is 3.65. The number of rotatable bonds is 8. The zero-order valence-electron chi connectivity index (χ0n) is 15.9. The number of nitrogens with zero attached hydrogens (tertiary/aromatic N) is 2. The van der Waals surface area contributed by atoms with Crippen molar-refractivity contribution >= 4 is 27.5 Å². The second kappa shape index (κ2) is 9.16. The van der Waals surface area contributed by atoms with Crippen molar-refractivity contribution in [2.75, 3.05) is 18.9 Å². The summed E-state index contributed by atoms with van der Waals surface area (Å²) in [4.78, 5) is 14.4. The summed E-state index contributed by atoms with van der Waals surface area (Å²) in [7, 11) is -1.93. The Morgan fingerprint density at radius 3 is 2.73 bits per heavy atom. The Labute approximate surface area is 156 Å². The molecule has 0 aliphatic carbocycles. The lowest BCUT2D eigenvalue weighted by Crippen LogP contribution is -2.22. The minimum absolute atomic E-state index is 0.0532. The second-order valence-corrected chi connectivity index (χ2v) is 8.38. The quantitative estimate of drug-likeness (QED) is 0.748. The molecule has 1 unspecified atom stereocenters. The number of benzene rings is 1. The topological polar surface area (TPSA) is 78.8 Å². The average molecular weight is 380 g/mol. The molecule has 1 aliphatic rings. The summed E-state index contributed by atoms with van der Waals surface area (Å²) in [6.07, 6.45) is 5.25. The van der Waals surface area contributed by atoms with Gasteiger partial charge in [-0.05, 0) is 37.5 Å². The average Bonchev–Trinajstić information content (AvgIpc) is 3.00. The molecule has 7 heteroatoms. The van der Waals surface area contributed by atoms with Gasteiger partial charge in [0.2, 0.25) is 5.91 Å². The van der Waals surface area contributed by atoms with Crippen LogP contribution in [0.2, 0.25) is 0 Å². The maximum absolute atomic E-state index is 12.6. The summed E-state index contributed by atoms with van der Waals surface area (Å²) in [5.41, 5.74) is 0.492. The number of carbonyl (C=O) groups excluding carboxylic acids is 1. The Balaban J connectivity index is 2.15. The number of anilines is 1. The standard InChI is InChI=1S/C19H29N3O3S/c1-4-6-9-15(5-2)19(23)20-16-10-7-11-17(14-16)26(24,25)21-18-12-8-13-22(18)3/h7,10-11,14-15H,4-6,8-9,12-13H2,1-3H3,(H,20,23)/b21-18-. The van der Waals surface area contributed by atoms with Crippen LogP contribution in [-0.2, 0) is 14.8 Å². The highest BCUT2D eigenvalue weighted by atomic mass is 32.2. The summed E-state index contributed by atoms with van der Waals surface area (Å²) in [5, 5.41) is 2.85. The van der Waals surface area contributed by atoms with E-state index in [-0.39, 0.29) is 16.7 Å². The van der Waals surface area contributed by atoms with Crippen molar-refractivity contribution < 1.29 is 13.2 Å². The third kappa shape index (κ3) is 5.30. The molecule has 1 aromatic carbocycles. The molecule has 2 rings (SSSR count). The molecule has 144 valence electrons. The molecule has 0 spiro atoms. The highest BCUT2D eigenvalue weighted by molar-refractivity contribution is 7.90. The maximum atomic E-state index is 12.6. The van der Waals surface area contributed by atoms with E-state index in [1.54, 1.807) is 12.1 Å². The molecule has 1 atom stereocenters. The number of amides is 1. The van der Waals surface area contributed by atoms with Crippen molar-refractivity contribution in [3.63, 3.8) is 0 Å². The van der Waals surface area contributed by atoms with Gasteiger partial charge in [-0.15, -0.1) is 4.40 Å². The van der Waals surface area contributed by atoms with E-state index in [1.807, 2.05) is 18.9 Å². The third-order valence-electron chi connectivity index (χ3n) is 4.73. The first-order valence-electron chi connectivity index (χ1n) is 9.33. The Kier molecular flexibility index (Phi) is 7.20. The van der Waals surface area contributed by atoms with Crippen molar-refractivity contribution in [3.8, 4) is 0 Å². The van der Waals surface area contributed by atoms with E-state index >= 15 is 0 Å². The van der Waals surface area contributed by atoms with E-state index in [4.69, 9.17) is 0 Å². The fourth-order valence-corrected chi connectivity index (χ4v) is 4.19. The molecule has 0 saturated carbocycles. The van der Waals surface area contributed by atoms with Crippen LogP contribution in [0.15, 0.2) is 33.6 Å². The first kappa shape index (κ1) is 20.4. The molecule has 1 heterocycles. The van der Waals surface area contributed by atoms with Crippen LogP contribution in [0, 0.1) is 5.92 Å². The van der Waals surface area contributed by atoms with E-state index in [0.29, 0.717) is 17.9 Å². The minimum atomic E-state index is -3.78. The number of hydrogen-bond acceptors (Lipinski definition) is 3. The first-order valence-corrected chi connectivity index (χ1v) is 10.8. The van der Waals surface area contributed by atoms with Gasteiger partial charge in [-0.1, -0.05) is 32.8 Å². The second-order valence-electron chi connectivity index (χ2n) is 6.77. The minimum Gasteiger partial charge on any atom is -0.362 e. The van der Waals surface area contributed by atoms with Crippen LogP contribution in [0.5, 0.6) is 0 Å². The van der Waals surface area contributed by atoms with Crippen molar-refractivity contribution in [1.82, 2.24) is 4.90 Å². The van der Waals surface area contributed by atoms with Gasteiger partial charge in [0.25, 0.3) is 10.0 Å². The normalized spacial score (nSPS) is 17.5. The maximum Gasteiger partial charge on any atom is 0.284 e. The fourth-order valence-electron chi connectivity index (χ4n) is 3.05. The Morgan fingerprint density at radius 1 is 1.35 bits per heavy atom. The highest BCUT2D eigenvalue weighted by Gasteiger charge is 2.21. The van der Waals surface area contributed by atoms with Crippen molar-refractivity contribution in [3.05, 3.63) is 24.3 Å². The Hall–Kier alpha value is -1.89. The zero-order valence-corrected chi connectivity index (χ0v) is 16.7.